The summed E-state index contributed by atoms with van der Waals surface area (Å²) in [5, 5.41) is 12.8. The summed E-state index contributed by atoms with van der Waals surface area (Å²) >= 11 is 1.01. The summed E-state index contributed by atoms with van der Waals surface area (Å²) in [5.74, 6) is 0.680. The van der Waals surface area contributed by atoms with Crippen molar-refractivity contribution in [3.8, 4) is 5.75 Å². The summed E-state index contributed by atoms with van der Waals surface area (Å²) in [4.78, 5) is 42.6. The number of imide groups is 1. The molecule has 1 aliphatic heterocycles. The Hall–Kier alpha value is -3.67. The molecule has 0 bridgehead atoms. The number of fused-ring (bicyclic) bond motifs is 1. The topological polar surface area (TPSA) is 129 Å². The van der Waals surface area contributed by atoms with E-state index in [4.69, 9.17) is 14.0 Å². The molecule has 0 atom stereocenters. The van der Waals surface area contributed by atoms with E-state index in [2.05, 4.69) is 22.4 Å². The van der Waals surface area contributed by atoms with Gasteiger partial charge in [0, 0.05) is 18.0 Å². The number of oxime groups is 1. The molecule has 11 nitrogen and oxygen atoms in total. The summed E-state index contributed by atoms with van der Waals surface area (Å²) in [6.45, 7) is 5.76. The number of aryl methyl sites for hydroxylation is 1. The fraction of sp³-hybridized carbons (Fsp3) is 0.481. The highest BCUT2D eigenvalue weighted by Crippen LogP contribution is 2.22. The molecular weight excluding hydrogens is 522 g/mol. The van der Waals surface area contributed by atoms with E-state index in [-0.39, 0.29) is 23.4 Å². The van der Waals surface area contributed by atoms with E-state index in [0.717, 1.165) is 55.7 Å². The van der Waals surface area contributed by atoms with Crippen molar-refractivity contribution in [1.82, 2.24) is 19.9 Å². The van der Waals surface area contributed by atoms with Crippen molar-refractivity contribution in [2.24, 2.45) is 5.16 Å². The highest BCUT2D eigenvalue weighted by Gasteiger charge is 2.30. The standard InChI is InChI=1S/C27H33N5O6S/c1-3-4-12-36-22-10-9-20-14-23(26(34)38-24(20)15-22)19(2)29-37-13-8-6-5-7-11-31-16-21(28-30-31)17-32-25(33)18-39-27(32)35/h9-10,14-16H,3-8,11-13,17-18H2,1-2H3/b29-19+. The summed E-state index contributed by atoms with van der Waals surface area (Å²) in [7, 11) is 0. The highest BCUT2D eigenvalue weighted by atomic mass is 32.2. The molecule has 4 rings (SSSR count). The number of amides is 2. The first kappa shape index (κ1) is 28.3. The zero-order valence-electron chi connectivity index (χ0n) is 22.3. The Morgan fingerprint density at radius 1 is 1.10 bits per heavy atom. The van der Waals surface area contributed by atoms with Gasteiger partial charge in [-0.1, -0.05) is 41.9 Å². The first-order valence-electron chi connectivity index (χ1n) is 13.2. The number of rotatable bonds is 15. The second-order valence-electron chi connectivity index (χ2n) is 9.28. The van der Waals surface area contributed by atoms with E-state index in [0.29, 0.717) is 48.1 Å². The maximum Gasteiger partial charge on any atom is 0.345 e. The molecule has 39 heavy (non-hydrogen) atoms. The van der Waals surface area contributed by atoms with Crippen LogP contribution in [0.15, 0.2) is 44.8 Å². The number of nitrogens with zero attached hydrogens (tertiary/aromatic N) is 5. The minimum atomic E-state index is -0.466. The summed E-state index contributed by atoms with van der Waals surface area (Å²) in [6, 6.07) is 7.23. The van der Waals surface area contributed by atoms with Gasteiger partial charge in [-0.25, -0.2) is 4.79 Å². The quantitative estimate of drug-likeness (QED) is 0.113. The van der Waals surface area contributed by atoms with Crippen molar-refractivity contribution in [2.45, 2.75) is 65.5 Å². The Bertz CT molecular complexity index is 1370. The largest absolute Gasteiger partial charge is 0.493 e. The van der Waals surface area contributed by atoms with Crippen molar-refractivity contribution in [3.63, 3.8) is 0 Å². The van der Waals surface area contributed by atoms with E-state index in [1.54, 1.807) is 29.9 Å². The lowest BCUT2D eigenvalue weighted by atomic mass is 10.1. The minimum Gasteiger partial charge on any atom is -0.493 e. The minimum absolute atomic E-state index is 0.165. The number of carbonyl (C=O) groups excluding carboxylic acids is 2. The van der Waals surface area contributed by atoms with Gasteiger partial charge in [0.1, 0.15) is 23.6 Å². The Labute approximate surface area is 230 Å². The van der Waals surface area contributed by atoms with Gasteiger partial charge in [0.15, 0.2) is 0 Å². The van der Waals surface area contributed by atoms with Crippen LogP contribution >= 0.6 is 11.8 Å². The van der Waals surface area contributed by atoms with E-state index in [1.807, 2.05) is 12.1 Å². The van der Waals surface area contributed by atoms with E-state index in [1.165, 1.54) is 4.90 Å². The summed E-state index contributed by atoms with van der Waals surface area (Å²) in [5.41, 5.74) is 1.44. The average Bonchev–Trinajstić information content (AvgIpc) is 3.51. The van der Waals surface area contributed by atoms with E-state index < -0.39 is 5.63 Å². The lowest BCUT2D eigenvalue weighted by Crippen LogP contribution is -2.28. The van der Waals surface area contributed by atoms with Crippen LogP contribution < -0.4 is 10.4 Å². The Kier molecular flexibility index (Phi) is 10.1. The van der Waals surface area contributed by atoms with E-state index in [9.17, 15) is 14.4 Å². The molecule has 1 aromatic carbocycles. The number of thioether (sulfide) groups is 1. The van der Waals surface area contributed by atoms with Crippen LogP contribution in [0.25, 0.3) is 11.0 Å². The van der Waals surface area contributed by atoms with Crippen molar-refractivity contribution < 1.29 is 23.6 Å². The number of hydrogen-bond donors (Lipinski definition) is 0. The predicted octanol–water partition coefficient (Wildman–Crippen LogP) is 4.76. The molecule has 1 saturated heterocycles. The Morgan fingerprint density at radius 2 is 1.95 bits per heavy atom. The van der Waals surface area contributed by atoms with Gasteiger partial charge in [0.2, 0.25) is 5.91 Å². The van der Waals surface area contributed by atoms with Crippen LogP contribution in [0, 0.1) is 0 Å². The predicted molar refractivity (Wildman–Crippen MR) is 148 cm³/mol. The van der Waals surface area contributed by atoms with Gasteiger partial charge >= 0.3 is 5.63 Å². The third kappa shape index (κ3) is 7.92. The summed E-state index contributed by atoms with van der Waals surface area (Å²) < 4.78 is 12.9. The zero-order chi connectivity index (χ0) is 27.6. The maximum atomic E-state index is 12.5. The van der Waals surface area contributed by atoms with Crippen molar-refractivity contribution in [1.29, 1.82) is 0 Å². The van der Waals surface area contributed by atoms with Crippen LogP contribution in [0.4, 0.5) is 4.79 Å². The zero-order valence-corrected chi connectivity index (χ0v) is 23.1. The molecule has 0 radical (unpaired) electrons. The van der Waals surface area contributed by atoms with Gasteiger partial charge in [0.05, 0.1) is 36.4 Å². The Balaban J connectivity index is 1.15. The van der Waals surface area contributed by atoms with Gasteiger partial charge in [-0.15, -0.1) is 5.10 Å². The number of ether oxygens (including phenoxy) is 1. The number of carbonyl (C=O) groups is 2. The third-order valence-corrected chi connectivity index (χ3v) is 7.04. The molecule has 0 N–H and O–H groups in total. The summed E-state index contributed by atoms with van der Waals surface area (Å²) in [6.07, 6.45) is 7.44. The maximum absolute atomic E-state index is 12.5. The lowest BCUT2D eigenvalue weighted by Gasteiger charge is -2.09. The Morgan fingerprint density at radius 3 is 2.74 bits per heavy atom. The van der Waals surface area contributed by atoms with Crippen LogP contribution in [0.1, 0.15) is 63.6 Å². The molecular formula is C27H33N5O6S. The molecule has 0 unspecified atom stereocenters. The molecule has 2 amide bonds. The number of aromatic nitrogens is 3. The molecule has 0 saturated carbocycles. The molecule has 0 spiro atoms. The fourth-order valence-electron chi connectivity index (χ4n) is 3.97. The number of hydrogen-bond acceptors (Lipinski definition) is 10. The molecule has 3 heterocycles. The fourth-order valence-corrected chi connectivity index (χ4v) is 4.69. The molecule has 12 heteroatoms. The molecule has 0 aliphatic carbocycles. The molecule has 2 aromatic heterocycles. The monoisotopic (exact) mass is 555 g/mol. The van der Waals surface area contributed by atoms with Crippen LogP contribution in [-0.4, -0.2) is 55.7 Å². The van der Waals surface area contributed by atoms with Gasteiger partial charge in [-0.05, 0) is 50.8 Å². The second kappa shape index (κ2) is 13.9. The SMILES string of the molecule is CCCCOc1ccc2cc(/C(C)=N/OCCCCCCn3cc(CN4C(=O)CSC4=O)nn3)c(=O)oc2c1. The first-order valence-corrected chi connectivity index (χ1v) is 14.2. The van der Waals surface area contributed by atoms with E-state index >= 15 is 0 Å². The van der Waals surface area contributed by atoms with Crippen molar-refractivity contribution in [3.05, 3.63) is 52.1 Å². The van der Waals surface area contributed by atoms with Gasteiger partial charge in [0.25, 0.3) is 5.24 Å². The average molecular weight is 556 g/mol. The molecule has 208 valence electrons. The van der Waals surface area contributed by atoms with Crippen LogP contribution in [0.2, 0.25) is 0 Å². The van der Waals surface area contributed by atoms with Crippen LogP contribution in [-0.2, 0) is 22.7 Å². The smallest absolute Gasteiger partial charge is 0.345 e. The van der Waals surface area contributed by atoms with Gasteiger partial charge in [-0.3, -0.25) is 19.2 Å². The third-order valence-electron chi connectivity index (χ3n) is 6.18. The number of unbranched alkanes of at least 4 members (excludes halogenated alkanes) is 4. The lowest BCUT2D eigenvalue weighted by molar-refractivity contribution is -0.125. The van der Waals surface area contributed by atoms with Crippen LogP contribution in [0.3, 0.4) is 0 Å². The molecule has 1 fully saturated rings. The van der Waals surface area contributed by atoms with Crippen molar-refractivity contribution >= 4 is 39.6 Å². The number of benzene rings is 1. The molecule has 1 aliphatic rings. The van der Waals surface area contributed by atoms with Gasteiger partial charge in [-0.2, -0.15) is 0 Å². The van der Waals surface area contributed by atoms with Gasteiger partial charge < -0.3 is 14.0 Å². The molecule has 3 aromatic rings. The van der Waals surface area contributed by atoms with Crippen molar-refractivity contribution in [2.75, 3.05) is 19.0 Å². The first-order chi connectivity index (χ1) is 18.9. The highest BCUT2D eigenvalue weighted by molar-refractivity contribution is 8.14. The second-order valence-corrected chi connectivity index (χ2v) is 10.2. The normalized spacial score (nSPS) is 14.0. The van der Waals surface area contributed by atoms with Crippen LogP contribution in [0.5, 0.6) is 5.75 Å².